The highest BCUT2D eigenvalue weighted by Gasteiger charge is 2.23. The lowest BCUT2D eigenvalue weighted by atomic mass is 10.0. The van der Waals surface area contributed by atoms with Crippen molar-refractivity contribution in [2.75, 3.05) is 40.9 Å². The van der Waals surface area contributed by atoms with E-state index in [0.717, 1.165) is 77.0 Å². The minimum atomic E-state index is -4.61. The summed E-state index contributed by atoms with van der Waals surface area (Å²) in [5, 5.41) is 13.9. The number of aliphatic hydroxyl groups is 1. The minimum Gasteiger partial charge on any atom is -0.756 e. The highest BCUT2D eigenvalue weighted by molar-refractivity contribution is 7.45. The number of carbonyl (C=O) groups is 1. The van der Waals surface area contributed by atoms with Gasteiger partial charge in [-0.15, -0.1) is 0 Å². The molecule has 0 rings (SSSR count). The monoisotopic (exact) mass is 1100 g/mol. The zero-order valence-corrected chi connectivity index (χ0v) is 52.0. The molecule has 0 aromatic carbocycles. The van der Waals surface area contributed by atoms with Crippen LogP contribution in [0.15, 0.2) is 85.1 Å². The summed E-state index contributed by atoms with van der Waals surface area (Å²) in [5.74, 6) is -0.199. The Labute approximate surface area is 477 Å². The third-order valence-electron chi connectivity index (χ3n) is 14.4. The predicted octanol–water partition coefficient (Wildman–Crippen LogP) is 19.7. The van der Waals surface area contributed by atoms with E-state index in [1.54, 1.807) is 6.08 Å². The number of nitrogens with zero attached hydrogens (tertiary/aromatic N) is 1. The molecule has 1 amide bonds. The molecule has 8 nitrogen and oxygen atoms in total. The number of hydrogen-bond acceptors (Lipinski definition) is 6. The zero-order chi connectivity index (χ0) is 56.3. The first-order valence-corrected chi connectivity index (χ1v) is 33.9. The molecular weight excluding hydrogens is 972 g/mol. The van der Waals surface area contributed by atoms with Gasteiger partial charge in [-0.2, -0.15) is 0 Å². The lowest BCUT2D eigenvalue weighted by Crippen LogP contribution is -2.45. The van der Waals surface area contributed by atoms with Crippen molar-refractivity contribution in [1.82, 2.24) is 5.32 Å². The van der Waals surface area contributed by atoms with Crippen molar-refractivity contribution in [2.45, 2.75) is 302 Å². The number of rotatable bonds is 59. The molecule has 2 N–H and O–H groups in total. The largest absolute Gasteiger partial charge is 0.756 e. The first kappa shape index (κ1) is 74.7. The van der Waals surface area contributed by atoms with Crippen molar-refractivity contribution in [1.29, 1.82) is 0 Å². The first-order chi connectivity index (χ1) is 37.5. The summed E-state index contributed by atoms with van der Waals surface area (Å²) in [6.07, 6.45) is 82.4. The van der Waals surface area contributed by atoms with E-state index in [2.05, 4.69) is 92.1 Å². The fourth-order valence-corrected chi connectivity index (χ4v) is 10.1. The zero-order valence-electron chi connectivity index (χ0n) is 51.1. The first-order valence-electron chi connectivity index (χ1n) is 32.4. The molecule has 0 saturated heterocycles. The van der Waals surface area contributed by atoms with Gasteiger partial charge in [0.2, 0.25) is 5.91 Å². The van der Waals surface area contributed by atoms with Gasteiger partial charge in [0.1, 0.15) is 13.2 Å². The molecule has 0 aliphatic carbocycles. The van der Waals surface area contributed by atoms with E-state index < -0.39 is 20.0 Å². The van der Waals surface area contributed by atoms with Crippen LogP contribution in [0.25, 0.3) is 0 Å². The lowest BCUT2D eigenvalue weighted by molar-refractivity contribution is -0.870. The topological polar surface area (TPSA) is 108 Å². The fourth-order valence-electron chi connectivity index (χ4n) is 9.34. The normalized spacial score (nSPS) is 14.3. The Morgan fingerprint density at radius 1 is 0.468 bits per heavy atom. The van der Waals surface area contributed by atoms with Crippen LogP contribution >= 0.6 is 7.82 Å². The van der Waals surface area contributed by atoms with Crippen LogP contribution in [0.4, 0.5) is 0 Å². The molecule has 0 aromatic rings. The smallest absolute Gasteiger partial charge is 0.268 e. The Bertz CT molecular complexity index is 1530. The number of hydrogen-bond donors (Lipinski definition) is 2. The number of nitrogens with one attached hydrogen (secondary N) is 1. The Morgan fingerprint density at radius 3 is 1.16 bits per heavy atom. The third kappa shape index (κ3) is 61.2. The van der Waals surface area contributed by atoms with E-state index >= 15 is 0 Å². The molecule has 448 valence electrons. The van der Waals surface area contributed by atoms with Crippen LogP contribution in [0.1, 0.15) is 290 Å². The summed E-state index contributed by atoms with van der Waals surface area (Å²) >= 11 is 0. The highest BCUT2D eigenvalue weighted by Crippen LogP contribution is 2.38. The number of phosphoric acid groups is 1. The van der Waals surface area contributed by atoms with E-state index in [-0.39, 0.29) is 19.1 Å². The number of quaternary nitrogens is 1. The average Bonchev–Trinajstić information content (AvgIpc) is 3.39. The molecule has 0 heterocycles. The van der Waals surface area contributed by atoms with Crippen LogP contribution in [0.5, 0.6) is 0 Å². The van der Waals surface area contributed by atoms with Gasteiger partial charge < -0.3 is 28.8 Å². The van der Waals surface area contributed by atoms with Crippen molar-refractivity contribution in [3.05, 3.63) is 85.1 Å². The van der Waals surface area contributed by atoms with Gasteiger partial charge in [-0.3, -0.25) is 9.36 Å². The summed E-state index contributed by atoms with van der Waals surface area (Å²) < 4.78 is 23.4. The van der Waals surface area contributed by atoms with Gasteiger partial charge in [0.15, 0.2) is 0 Å². The lowest BCUT2D eigenvalue weighted by Gasteiger charge is -2.29. The van der Waals surface area contributed by atoms with Crippen molar-refractivity contribution in [2.24, 2.45) is 0 Å². The van der Waals surface area contributed by atoms with E-state index in [1.807, 2.05) is 27.2 Å². The average molecular weight is 1100 g/mol. The van der Waals surface area contributed by atoms with Gasteiger partial charge in [-0.05, 0) is 70.6 Å². The van der Waals surface area contributed by atoms with E-state index in [9.17, 15) is 19.4 Å². The Hall–Kier alpha value is -2.32. The van der Waals surface area contributed by atoms with Crippen LogP contribution in [-0.2, 0) is 18.4 Å². The van der Waals surface area contributed by atoms with Gasteiger partial charge in [-0.25, -0.2) is 0 Å². The number of carbonyl (C=O) groups excluding carboxylic acids is 1. The molecule has 0 aliphatic heterocycles. The van der Waals surface area contributed by atoms with Crippen LogP contribution < -0.4 is 10.2 Å². The molecular formula is C68H125N2O6P. The number of amides is 1. The molecule has 77 heavy (non-hydrogen) atoms. The number of aliphatic hydroxyl groups excluding tert-OH is 1. The molecule has 0 spiro atoms. The minimum absolute atomic E-state index is 0.00383. The van der Waals surface area contributed by atoms with Crippen LogP contribution in [-0.4, -0.2) is 68.5 Å². The van der Waals surface area contributed by atoms with Crippen molar-refractivity contribution >= 4 is 13.7 Å². The molecule has 0 saturated carbocycles. The second-order valence-electron chi connectivity index (χ2n) is 23.1. The molecule has 3 atom stereocenters. The summed E-state index contributed by atoms with van der Waals surface area (Å²) in [6, 6.07) is -0.893. The molecule has 9 heteroatoms. The van der Waals surface area contributed by atoms with Crippen molar-refractivity contribution in [3.63, 3.8) is 0 Å². The number of phosphoric ester groups is 1. The maximum atomic E-state index is 13.0. The van der Waals surface area contributed by atoms with E-state index in [0.29, 0.717) is 17.4 Å². The van der Waals surface area contributed by atoms with E-state index in [1.165, 1.54) is 193 Å². The van der Waals surface area contributed by atoms with E-state index in [4.69, 9.17) is 9.05 Å². The fraction of sp³-hybridized carbons (Fsp3) is 0.779. The number of allylic oxidation sites excluding steroid dienone is 13. The second kappa shape index (κ2) is 58.3. The predicted molar refractivity (Wildman–Crippen MR) is 334 cm³/mol. The van der Waals surface area contributed by atoms with Crippen LogP contribution in [0.3, 0.4) is 0 Å². The maximum absolute atomic E-state index is 13.0. The molecule has 0 aromatic heterocycles. The maximum Gasteiger partial charge on any atom is 0.268 e. The van der Waals surface area contributed by atoms with Crippen molar-refractivity contribution in [3.8, 4) is 0 Å². The van der Waals surface area contributed by atoms with Crippen LogP contribution in [0.2, 0.25) is 0 Å². The third-order valence-corrected chi connectivity index (χ3v) is 15.3. The van der Waals surface area contributed by atoms with Gasteiger partial charge in [0, 0.05) is 6.42 Å². The molecule has 0 radical (unpaired) electrons. The van der Waals surface area contributed by atoms with Crippen LogP contribution in [0, 0.1) is 0 Å². The molecule has 0 bridgehead atoms. The van der Waals surface area contributed by atoms with Gasteiger partial charge >= 0.3 is 0 Å². The van der Waals surface area contributed by atoms with Gasteiger partial charge in [0.25, 0.3) is 7.82 Å². The van der Waals surface area contributed by atoms with Gasteiger partial charge in [-0.1, -0.05) is 298 Å². The Kier molecular flexibility index (Phi) is 56.6. The number of unbranched alkanes of at least 4 members (excludes halogenated alkanes) is 34. The molecule has 0 fully saturated rings. The standard InChI is InChI=1S/C68H125N2O6P/c1-6-8-10-12-14-16-18-20-22-24-26-28-30-32-33-34-35-36-37-38-40-42-44-46-48-50-52-54-56-58-60-62-68(72)69-66(65-76-77(73,74)75-64-63-70(3,4)5)67(71)61-59-57-55-53-51-49-47-45-43-41-39-31-29-27-25-23-21-19-17-15-13-11-9-7-2/h8,10,14,16,20,22,26,28,32-33,35-36,59,61,66-67,71H,6-7,9,11-13,15,17-19,21,23-25,27,29-31,34,37-58,60,62-65H2,1-5H3,(H-,69,72,73,74)/b10-8-,16-14-,22-20-,28-26-,33-32-,36-35-,61-59+. The molecule has 3 unspecified atom stereocenters. The quantitative estimate of drug-likeness (QED) is 0.0272. The summed E-state index contributed by atoms with van der Waals surface area (Å²) in [4.78, 5) is 25.6. The molecule has 0 aliphatic rings. The SMILES string of the molecule is CC/C=C\C/C=C\C/C=C\C/C=C\C/C=C\C/C=C\CCCCCCCCCCCCCCC(=O)NC(COP(=O)([O-])OCC[N+](C)(C)C)C(O)/C=C/CCCCCCCCCCCCCCCCCCCCCCCC. The summed E-state index contributed by atoms with van der Waals surface area (Å²) in [6.45, 7) is 4.56. The Balaban J connectivity index is 4.15. The number of likely N-dealkylation sites (N-methyl/N-ethyl adjacent to an activating group) is 1. The summed E-state index contributed by atoms with van der Waals surface area (Å²) in [5.41, 5.74) is 0. The second-order valence-corrected chi connectivity index (χ2v) is 24.5. The van der Waals surface area contributed by atoms with Gasteiger partial charge in [0.05, 0.1) is 39.9 Å². The van der Waals surface area contributed by atoms with Crippen molar-refractivity contribution < 1.29 is 32.9 Å². The highest BCUT2D eigenvalue weighted by atomic mass is 31.2. The summed E-state index contributed by atoms with van der Waals surface area (Å²) in [7, 11) is 1.26. The Morgan fingerprint density at radius 2 is 0.792 bits per heavy atom.